The van der Waals surface area contributed by atoms with Crippen molar-refractivity contribution >= 4 is 74.6 Å². The number of fused-ring (bicyclic) bond motifs is 7. The van der Waals surface area contributed by atoms with E-state index in [-0.39, 0.29) is 21.7 Å². The van der Waals surface area contributed by atoms with Gasteiger partial charge in [0.25, 0.3) is 0 Å². The predicted molar refractivity (Wildman–Crippen MR) is 449 cm³/mol. The Morgan fingerprint density at radius 3 is 0.755 bits per heavy atom. The summed E-state index contributed by atoms with van der Waals surface area (Å²) < 4.78 is 0. The van der Waals surface area contributed by atoms with E-state index in [1.54, 1.807) is 0 Å². The molecule has 0 unspecified atom stereocenters. The topological polar surface area (TPSA) is 6.48 Å². The molecule has 0 radical (unpaired) electrons. The molecule has 0 fully saturated rings. The van der Waals surface area contributed by atoms with Crippen molar-refractivity contribution in [1.29, 1.82) is 0 Å². The van der Waals surface area contributed by atoms with E-state index >= 15 is 0 Å². The molecule has 0 heterocycles. The molecule has 5 aliphatic rings. The third kappa shape index (κ3) is 11.2. The van der Waals surface area contributed by atoms with Gasteiger partial charge in [-0.15, -0.1) is 0 Å². The van der Waals surface area contributed by atoms with Gasteiger partial charge in [0, 0.05) is 55.8 Å². The lowest BCUT2D eigenvalue weighted by Gasteiger charge is -2.32. The highest BCUT2D eigenvalue weighted by Crippen LogP contribution is 2.51. The van der Waals surface area contributed by atoms with E-state index in [0.29, 0.717) is 0 Å². The molecule has 18 rings (SSSR count). The fourth-order valence-electron chi connectivity index (χ4n) is 18.3. The molecule has 0 spiro atoms. The molecule has 2 heteroatoms. The van der Waals surface area contributed by atoms with Gasteiger partial charge in [0.15, 0.2) is 0 Å². The summed E-state index contributed by atoms with van der Waals surface area (Å²) in [5, 5.41) is 0. The molecule has 5 aliphatic carbocycles. The van der Waals surface area contributed by atoms with Gasteiger partial charge in [-0.3, -0.25) is 0 Å². The van der Waals surface area contributed by atoms with Gasteiger partial charge >= 0.3 is 0 Å². The maximum atomic E-state index is 2.45. The van der Waals surface area contributed by atoms with Crippen LogP contribution in [0.4, 0.5) is 34.1 Å². The van der Waals surface area contributed by atoms with Crippen LogP contribution in [0.5, 0.6) is 0 Å². The lowest BCUT2D eigenvalue weighted by Crippen LogP contribution is -2.23. The van der Waals surface area contributed by atoms with E-state index in [2.05, 4.69) is 417 Å². The average Bonchev–Trinajstić information content (AvgIpc) is 1.61. The maximum absolute atomic E-state index is 2.45. The second-order valence-electron chi connectivity index (χ2n) is 31.5. The lowest BCUT2D eigenvalue weighted by molar-refractivity contribution is 0.586. The minimum atomic E-state index is -0.179. The standard InChI is InChI=1S/C104H86N2/c1-101(2)93-33-17-9-25-75(93)65-89(85-29-13-21-37-97(85)101)71-45-57-81(58-46-71)105(82-59-47-72(48-60-82)90-66-76-26-10-18-34-94(76)102(3,4)98-38-22-14-30-86(90)98)79-53-41-69(42-54-79)70-43-55-80(56-44-70)106(83-61-49-73(50-62-83)91-67-77-27-11-19-35-95(77)103(5,6)99-39-23-15-31-87(91)99)84-63-51-74(52-64-84)92-68-78-28-12-20-36-96(78)104(7,8)100-40-24-16-32-88(92)100/h9-19,21-35,37-68H,20,36H2,1-8H3. The van der Waals surface area contributed by atoms with Crippen molar-refractivity contribution in [3.63, 3.8) is 0 Å². The Labute approximate surface area is 626 Å². The third-order valence-corrected chi connectivity index (χ3v) is 24.0. The van der Waals surface area contributed by atoms with Crippen molar-refractivity contribution in [1.82, 2.24) is 0 Å². The number of hydrogen-bond acceptors (Lipinski definition) is 2. The first kappa shape index (κ1) is 65.9. The Hall–Kier alpha value is -12.1. The van der Waals surface area contributed by atoms with E-state index in [1.165, 1.54) is 134 Å². The second kappa shape index (κ2) is 25.9. The van der Waals surface area contributed by atoms with Gasteiger partial charge in [-0.1, -0.05) is 316 Å². The molecule has 106 heavy (non-hydrogen) atoms. The number of benzene rings is 13. The molecule has 0 aromatic heterocycles. The molecule has 0 saturated carbocycles. The first-order chi connectivity index (χ1) is 51.6. The van der Waals surface area contributed by atoms with Crippen molar-refractivity contribution < 1.29 is 0 Å². The molecule has 0 N–H and O–H groups in total. The monoisotopic (exact) mass is 1360 g/mol. The first-order valence-corrected chi connectivity index (χ1v) is 37.8. The molecular weight excluding hydrogens is 1280 g/mol. The van der Waals surface area contributed by atoms with Gasteiger partial charge in [-0.25, -0.2) is 0 Å². The normalized spacial score (nSPS) is 15.9. The number of rotatable bonds is 11. The smallest absolute Gasteiger partial charge is 0.0462 e. The van der Waals surface area contributed by atoms with Gasteiger partial charge in [0.2, 0.25) is 0 Å². The fraction of sp³-hybridized carbons (Fsp3) is 0.135. The predicted octanol–water partition coefficient (Wildman–Crippen LogP) is 27.3. The maximum Gasteiger partial charge on any atom is 0.0462 e. The van der Waals surface area contributed by atoms with E-state index in [9.17, 15) is 0 Å². The summed E-state index contributed by atoms with van der Waals surface area (Å²) in [4.78, 5) is 4.83. The molecule has 0 aliphatic heterocycles. The summed E-state index contributed by atoms with van der Waals surface area (Å²) in [5.41, 5.74) is 38.9. The minimum absolute atomic E-state index is 0.0937. The van der Waals surface area contributed by atoms with Crippen LogP contribution in [-0.4, -0.2) is 0 Å². The van der Waals surface area contributed by atoms with Gasteiger partial charge in [0.05, 0.1) is 0 Å². The van der Waals surface area contributed by atoms with E-state index in [4.69, 9.17) is 0 Å². The highest BCUT2D eigenvalue weighted by molar-refractivity contribution is 5.99. The quantitative estimate of drug-likeness (QED) is 0.127. The van der Waals surface area contributed by atoms with Crippen LogP contribution in [0.1, 0.15) is 168 Å². The van der Waals surface area contributed by atoms with Crippen LogP contribution in [0.3, 0.4) is 0 Å². The minimum Gasteiger partial charge on any atom is -0.311 e. The van der Waals surface area contributed by atoms with Gasteiger partial charge in [-0.2, -0.15) is 0 Å². The number of allylic oxidation sites excluding steroid dienone is 5. The molecule has 0 atom stereocenters. The zero-order valence-electron chi connectivity index (χ0n) is 61.8. The zero-order chi connectivity index (χ0) is 72.1. The van der Waals surface area contributed by atoms with E-state index < -0.39 is 0 Å². The Bertz CT molecular complexity index is 5660. The van der Waals surface area contributed by atoms with Crippen LogP contribution in [-0.2, 0) is 21.7 Å². The summed E-state index contributed by atoms with van der Waals surface area (Å²) in [6, 6.07) is 118. The molecule has 0 saturated heterocycles. The van der Waals surface area contributed by atoms with Crippen LogP contribution < -0.4 is 9.80 Å². The number of nitrogens with zero attached hydrogens (tertiary/aromatic N) is 2. The molecule has 512 valence electrons. The van der Waals surface area contributed by atoms with Crippen LogP contribution in [0.2, 0.25) is 0 Å². The summed E-state index contributed by atoms with van der Waals surface area (Å²) in [5.74, 6) is 0. The Morgan fingerprint density at radius 2 is 0.462 bits per heavy atom. The van der Waals surface area contributed by atoms with E-state index in [0.717, 1.165) is 58.1 Å². The van der Waals surface area contributed by atoms with Crippen molar-refractivity contribution in [3.05, 3.63) is 445 Å². The zero-order valence-corrected chi connectivity index (χ0v) is 61.8. The SMILES string of the molecule is CC1(C)C2=C(C=CCC2)C=C(c2ccc(N(c3ccc(C4=Cc5ccccc5C(C)(C)c5ccccc54)cc3)c3ccc(-c4ccc(N(c5ccc(C6=Cc7ccccc7C(C)(C)c7ccccc76)cc5)c5ccc(C6=Cc7ccccc7C(C)(C)c7ccccc76)cc5)cc4)cc3)cc2)c2ccccc21. The molecular formula is C104H86N2. The highest BCUT2D eigenvalue weighted by atomic mass is 15.1. The molecule has 0 amide bonds. The largest absolute Gasteiger partial charge is 0.311 e. The Balaban J connectivity index is 0.714. The van der Waals surface area contributed by atoms with Crippen LogP contribution >= 0.6 is 0 Å². The van der Waals surface area contributed by atoms with Gasteiger partial charge < -0.3 is 9.80 Å². The molecule has 2 nitrogen and oxygen atoms in total. The highest BCUT2D eigenvalue weighted by Gasteiger charge is 2.37. The van der Waals surface area contributed by atoms with Crippen molar-refractivity contribution in [2.45, 2.75) is 89.9 Å². The fourth-order valence-corrected chi connectivity index (χ4v) is 18.3. The third-order valence-electron chi connectivity index (χ3n) is 24.0. The van der Waals surface area contributed by atoms with Crippen molar-refractivity contribution in [3.8, 4) is 11.1 Å². The second-order valence-corrected chi connectivity index (χ2v) is 31.5. The first-order valence-electron chi connectivity index (χ1n) is 37.8. The summed E-state index contributed by atoms with van der Waals surface area (Å²) >= 11 is 0. The van der Waals surface area contributed by atoms with Crippen LogP contribution in [0, 0.1) is 0 Å². The van der Waals surface area contributed by atoms with Gasteiger partial charge in [0.1, 0.15) is 0 Å². The number of anilines is 6. The van der Waals surface area contributed by atoms with Crippen molar-refractivity contribution in [2.24, 2.45) is 0 Å². The Kier molecular flexibility index (Phi) is 16.1. The summed E-state index contributed by atoms with van der Waals surface area (Å²) in [6.07, 6.45) is 16.5. The lowest BCUT2D eigenvalue weighted by atomic mass is 9.72. The number of hydrogen-bond donors (Lipinski definition) is 0. The Morgan fingerprint density at radius 1 is 0.226 bits per heavy atom. The van der Waals surface area contributed by atoms with Crippen LogP contribution in [0.15, 0.2) is 345 Å². The van der Waals surface area contributed by atoms with Gasteiger partial charge in [-0.05, 0) is 249 Å². The average molecular weight is 1360 g/mol. The summed E-state index contributed by atoms with van der Waals surface area (Å²) in [7, 11) is 0. The van der Waals surface area contributed by atoms with E-state index in [1.807, 2.05) is 0 Å². The summed E-state index contributed by atoms with van der Waals surface area (Å²) in [6.45, 7) is 19.0. The van der Waals surface area contributed by atoms with Crippen molar-refractivity contribution in [2.75, 3.05) is 9.80 Å². The molecule has 13 aromatic rings. The molecule has 0 bridgehead atoms. The van der Waals surface area contributed by atoms with Crippen LogP contribution in [0.25, 0.3) is 51.6 Å². The molecule has 13 aromatic carbocycles.